The first kappa shape index (κ1) is 16.3. The molecule has 0 radical (unpaired) electrons. The summed E-state index contributed by atoms with van der Waals surface area (Å²) in [7, 11) is 0. The molecule has 0 saturated carbocycles. The topological polar surface area (TPSA) is 55.8 Å². The Labute approximate surface area is 117 Å². The van der Waals surface area contributed by atoms with Crippen LogP contribution in [-0.2, 0) is 20.9 Å². The van der Waals surface area contributed by atoms with Crippen molar-refractivity contribution in [1.82, 2.24) is 0 Å². The molecule has 1 rings (SSSR count). The largest absolute Gasteiger partial charge is 0.478 e. The molecule has 0 aromatic heterocycles. The van der Waals surface area contributed by atoms with E-state index in [2.05, 4.69) is 0 Å². The standard InChI is InChI=1S/C15H19FO4/c1-3-19-9-11(2)20-10-13-6-4-12(8-14(13)16)5-7-15(17)18/h4-8,11H,3,9-10H2,1-2H3,(H,17,18)/b7-5+. The summed E-state index contributed by atoms with van der Waals surface area (Å²) in [4.78, 5) is 10.4. The van der Waals surface area contributed by atoms with Crippen molar-refractivity contribution < 1.29 is 23.8 Å². The average molecular weight is 282 g/mol. The molecule has 0 amide bonds. The molecule has 4 nitrogen and oxygen atoms in total. The first-order valence-corrected chi connectivity index (χ1v) is 6.41. The molecule has 1 unspecified atom stereocenters. The number of aliphatic carboxylic acids is 1. The van der Waals surface area contributed by atoms with Gasteiger partial charge in [0.1, 0.15) is 5.82 Å². The van der Waals surface area contributed by atoms with Crippen LogP contribution >= 0.6 is 0 Å². The van der Waals surface area contributed by atoms with Gasteiger partial charge in [0.15, 0.2) is 0 Å². The number of carbonyl (C=O) groups is 1. The van der Waals surface area contributed by atoms with Crippen molar-refractivity contribution in [2.24, 2.45) is 0 Å². The Kier molecular flexibility index (Phi) is 6.90. The summed E-state index contributed by atoms with van der Waals surface area (Å²) in [6, 6.07) is 4.52. The average Bonchev–Trinajstić information content (AvgIpc) is 2.41. The molecule has 1 aromatic rings. The molecule has 5 heteroatoms. The van der Waals surface area contributed by atoms with Crippen molar-refractivity contribution in [1.29, 1.82) is 0 Å². The van der Waals surface area contributed by atoms with Crippen LogP contribution in [0.3, 0.4) is 0 Å². The van der Waals surface area contributed by atoms with E-state index < -0.39 is 11.8 Å². The Morgan fingerprint density at radius 2 is 2.25 bits per heavy atom. The van der Waals surface area contributed by atoms with E-state index in [1.54, 1.807) is 12.1 Å². The second-order valence-corrected chi connectivity index (χ2v) is 4.30. The van der Waals surface area contributed by atoms with E-state index in [-0.39, 0.29) is 12.7 Å². The zero-order chi connectivity index (χ0) is 15.0. The van der Waals surface area contributed by atoms with Gasteiger partial charge in [0.05, 0.1) is 19.3 Å². The van der Waals surface area contributed by atoms with Crippen molar-refractivity contribution in [3.05, 3.63) is 41.2 Å². The van der Waals surface area contributed by atoms with Crippen LogP contribution in [0, 0.1) is 5.82 Å². The molecular weight excluding hydrogens is 263 g/mol. The Morgan fingerprint density at radius 3 is 2.85 bits per heavy atom. The minimum atomic E-state index is -1.07. The van der Waals surface area contributed by atoms with Crippen LogP contribution in [0.5, 0.6) is 0 Å². The van der Waals surface area contributed by atoms with Gasteiger partial charge < -0.3 is 14.6 Å². The van der Waals surface area contributed by atoms with Gasteiger partial charge in [-0.25, -0.2) is 9.18 Å². The second-order valence-electron chi connectivity index (χ2n) is 4.30. The number of rotatable bonds is 8. The molecule has 110 valence electrons. The number of carboxylic acids is 1. The summed E-state index contributed by atoms with van der Waals surface area (Å²) in [6.07, 6.45) is 2.20. The predicted octanol–water partition coefficient (Wildman–Crippen LogP) is 2.87. The first-order chi connectivity index (χ1) is 9.52. The van der Waals surface area contributed by atoms with Crippen LogP contribution in [0.1, 0.15) is 25.0 Å². The molecule has 0 saturated heterocycles. The lowest BCUT2D eigenvalue weighted by Crippen LogP contribution is -2.16. The number of hydrogen-bond donors (Lipinski definition) is 1. The second kappa shape index (κ2) is 8.45. The van der Waals surface area contributed by atoms with E-state index in [1.165, 1.54) is 12.1 Å². The Morgan fingerprint density at radius 1 is 1.50 bits per heavy atom. The lowest BCUT2D eigenvalue weighted by atomic mass is 10.1. The summed E-state index contributed by atoms with van der Waals surface area (Å²) in [6.45, 7) is 5.00. The van der Waals surface area contributed by atoms with Crippen LogP contribution in [-0.4, -0.2) is 30.4 Å². The molecule has 0 aliphatic rings. The van der Waals surface area contributed by atoms with Gasteiger partial charge in [-0.15, -0.1) is 0 Å². The third-order valence-electron chi connectivity index (χ3n) is 2.58. The quantitative estimate of drug-likeness (QED) is 0.745. The molecular formula is C15H19FO4. The summed E-state index contributed by atoms with van der Waals surface area (Å²) in [5, 5.41) is 8.50. The van der Waals surface area contributed by atoms with Gasteiger partial charge in [-0.2, -0.15) is 0 Å². The summed E-state index contributed by atoms with van der Waals surface area (Å²) in [5.41, 5.74) is 0.928. The van der Waals surface area contributed by atoms with Gasteiger partial charge in [0.25, 0.3) is 0 Å². The van der Waals surface area contributed by atoms with Crippen LogP contribution in [0.4, 0.5) is 4.39 Å². The molecule has 0 heterocycles. The Bertz CT molecular complexity index is 471. The maximum atomic E-state index is 13.8. The van der Waals surface area contributed by atoms with Gasteiger partial charge in [-0.3, -0.25) is 0 Å². The molecule has 1 aromatic carbocycles. The van der Waals surface area contributed by atoms with Crippen LogP contribution in [0.25, 0.3) is 6.08 Å². The number of benzene rings is 1. The molecule has 0 bridgehead atoms. The highest BCUT2D eigenvalue weighted by Gasteiger charge is 2.07. The maximum absolute atomic E-state index is 13.8. The molecule has 0 aliphatic carbocycles. The first-order valence-electron chi connectivity index (χ1n) is 6.41. The van der Waals surface area contributed by atoms with E-state index in [4.69, 9.17) is 14.6 Å². The van der Waals surface area contributed by atoms with Gasteiger partial charge >= 0.3 is 5.97 Å². The smallest absolute Gasteiger partial charge is 0.328 e. The van der Waals surface area contributed by atoms with Crippen molar-refractivity contribution >= 4 is 12.0 Å². The minimum absolute atomic E-state index is 0.110. The lowest BCUT2D eigenvalue weighted by Gasteiger charge is -2.13. The van der Waals surface area contributed by atoms with Crippen molar-refractivity contribution in [3.63, 3.8) is 0 Å². The fraction of sp³-hybridized carbons (Fsp3) is 0.400. The fourth-order valence-electron chi connectivity index (χ4n) is 1.52. The zero-order valence-corrected chi connectivity index (χ0v) is 11.6. The fourth-order valence-corrected chi connectivity index (χ4v) is 1.52. The van der Waals surface area contributed by atoms with Gasteiger partial charge in [0, 0.05) is 18.2 Å². The van der Waals surface area contributed by atoms with Gasteiger partial charge in [-0.05, 0) is 31.6 Å². The van der Waals surface area contributed by atoms with Crippen LogP contribution < -0.4 is 0 Å². The molecule has 20 heavy (non-hydrogen) atoms. The Balaban J connectivity index is 2.57. The zero-order valence-electron chi connectivity index (χ0n) is 11.6. The van der Waals surface area contributed by atoms with Crippen LogP contribution in [0.15, 0.2) is 24.3 Å². The summed E-state index contributed by atoms with van der Waals surface area (Å²) >= 11 is 0. The van der Waals surface area contributed by atoms with E-state index >= 15 is 0 Å². The van der Waals surface area contributed by atoms with E-state index in [9.17, 15) is 9.18 Å². The monoisotopic (exact) mass is 282 g/mol. The molecule has 0 aliphatic heterocycles. The number of hydrogen-bond acceptors (Lipinski definition) is 3. The number of halogens is 1. The number of carboxylic acid groups (broad SMARTS) is 1. The molecule has 1 N–H and O–H groups in total. The van der Waals surface area contributed by atoms with E-state index in [1.807, 2.05) is 13.8 Å². The summed E-state index contributed by atoms with van der Waals surface area (Å²) < 4.78 is 24.5. The highest BCUT2D eigenvalue weighted by Crippen LogP contribution is 2.13. The normalized spacial score (nSPS) is 12.8. The SMILES string of the molecule is CCOCC(C)OCc1ccc(/C=C/C(=O)O)cc1F. The highest BCUT2D eigenvalue weighted by molar-refractivity contribution is 5.85. The molecule has 0 spiro atoms. The maximum Gasteiger partial charge on any atom is 0.328 e. The third kappa shape index (κ3) is 5.95. The predicted molar refractivity (Wildman–Crippen MR) is 73.8 cm³/mol. The van der Waals surface area contributed by atoms with Crippen molar-refractivity contribution in [2.75, 3.05) is 13.2 Å². The Hall–Kier alpha value is -1.72. The van der Waals surface area contributed by atoms with Crippen molar-refractivity contribution in [2.45, 2.75) is 26.6 Å². The molecule has 0 fully saturated rings. The lowest BCUT2D eigenvalue weighted by molar-refractivity contribution is -0.131. The van der Waals surface area contributed by atoms with Gasteiger partial charge in [-0.1, -0.05) is 12.1 Å². The van der Waals surface area contributed by atoms with Crippen molar-refractivity contribution in [3.8, 4) is 0 Å². The third-order valence-corrected chi connectivity index (χ3v) is 2.58. The highest BCUT2D eigenvalue weighted by atomic mass is 19.1. The number of ether oxygens (including phenoxy) is 2. The van der Waals surface area contributed by atoms with E-state index in [0.29, 0.717) is 24.3 Å². The molecule has 1 atom stereocenters. The van der Waals surface area contributed by atoms with E-state index in [0.717, 1.165) is 6.08 Å². The summed E-state index contributed by atoms with van der Waals surface area (Å²) in [5.74, 6) is -1.48. The minimum Gasteiger partial charge on any atom is -0.478 e. The van der Waals surface area contributed by atoms with Crippen LogP contribution in [0.2, 0.25) is 0 Å². The van der Waals surface area contributed by atoms with Gasteiger partial charge in [0.2, 0.25) is 0 Å².